The average molecular weight is 219 g/mol. The molecule has 0 spiro atoms. The van der Waals surface area contributed by atoms with Crippen LogP contribution < -0.4 is 11.1 Å². The summed E-state index contributed by atoms with van der Waals surface area (Å²) in [6, 6.07) is 5.29. The number of carbonyl (C=O) groups excluding carboxylic acids is 2. The highest BCUT2D eigenvalue weighted by atomic mass is 16.3. The molecule has 0 bridgehead atoms. The van der Waals surface area contributed by atoms with Gasteiger partial charge in [0.2, 0.25) is 0 Å². The summed E-state index contributed by atoms with van der Waals surface area (Å²) in [6.07, 6.45) is 1.34. The van der Waals surface area contributed by atoms with E-state index < -0.39 is 11.8 Å². The van der Waals surface area contributed by atoms with Gasteiger partial charge in [-0.05, 0) is 17.7 Å². The van der Waals surface area contributed by atoms with E-state index in [1.165, 1.54) is 6.39 Å². The minimum absolute atomic E-state index is 0.221. The van der Waals surface area contributed by atoms with E-state index in [1.54, 1.807) is 18.2 Å². The van der Waals surface area contributed by atoms with Crippen molar-refractivity contribution in [3.8, 4) is 0 Å². The Balaban J connectivity index is 2.09. The Hall–Kier alpha value is -2.37. The number of hydrogen-bond acceptors (Lipinski definition) is 4. The van der Waals surface area contributed by atoms with Gasteiger partial charge < -0.3 is 15.5 Å². The average Bonchev–Trinajstić information content (AvgIpc) is 2.72. The highest BCUT2D eigenvalue weighted by Gasteiger charge is 2.07. The molecule has 0 aliphatic carbocycles. The Morgan fingerprint density at radius 1 is 1.44 bits per heavy atom. The standard InChI is InChI=1S/C10H9N3O3/c11-9(14)10(15)12-4-6-1-2-7-8(3-6)16-5-13-7/h1-3,5H,4H2,(H2,11,14)(H,12,15). The first-order chi connectivity index (χ1) is 7.66. The monoisotopic (exact) mass is 219 g/mol. The highest BCUT2D eigenvalue weighted by molar-refractivity contribution is 6.34. The maximum absolute atomic E-state index is 10.9. The first kappa shape index (κ1) is 10.2. The van der Waals surface area contributed by atoms with Crippen LogP contribution in [-0.4, -0.2) is 16.8 Å². The van der Waals surface area contributed by atoms with Crippen LogP contribution in [0.3, 0.4) is 0 Å². The lowest BCUT2D eigenvalue weighted by molar-refractivity contribution is -0.137. The number of nitrogens with zero attached hydrogens (tertiary/aromatic N) is 1. The lowest BCUT2D eigenvalue weighted by Crippen LogP contribution is -2.35. The topological polar surface area (TPSA) is 98.2 Å². The molecule has 82 valence electrons. The maximum Gasteiger partial charge on any atom is 0.309 e. The normalized spacial score (nSPS) is 10.2. The number of primary amides is 1. The van der Waals surface area contributed by atoms with Gasteiger partial charge in [-0.1, -0.05) is 6.07 Å². The molecule has 6 heteroatoms. The van der Waals surface area contributed by atoms with Crippen LogP contribution in [0.15, 0.2) is 29.0 Å². The van der Waals surface area contributed by atoms with E-state index >= 15 is 0 Å². The van der Waals surface area contributed by atoms with Crippen molar-refractivity contribution < 1.29 is 14.0 Å². The van der Waals surface area contributed by atoms with E-state index in [9.17, 15) is 9.59 Å². The van der Waals surface area contributed by atoms with Crippen molar-refractivity contribution in [1.29, 1.82) is 0 Å². The van der Waals surface area contributed by atoms with Crippen molar-refractivity contribution in [2.45, 2.75) is 6.54 Å². The molecule has 2 rings (SSSR count). The fourth-order valence-electron chi connectivity index (χ4n) is 1.28. The number of aromatic nitrogens is 1. The van der Waals surface area contributed by atoms with Crippen molar-refractivity contribution in [1.82, 2.24) is 10.3 Å². The molecule has 0 saturated heterocycles. The summed E-state index contributed by atoms with van der Waals surface area (Å²) in [6.45, 7) is 0.221. The van der Waals surface area contributed by atoms with Gasteiger partial charge in [0.25, 0.3) is 0 Å². The van der Waals surface area contributed by atoms with E-state index in [0.29, 0.717) is 5.58 Å². The van der Waals surface area contributed by atoms with Gasteiger partial charge in [0.1, 0.15) is 5.52 Å². The number of fused-ring (bicyclic) bond motifs is 1. The zero-order valence-electron chi connectivity index (χ0n) is 8.27. The Bertz CT molecular complexity index is 547. The third-order valence-electron chi connectivity index (χ3n) is 2.07. The summed E-state index contributed by atoms with van der Waals surface area (Å²) in [5.41, 5.74) is 6.97. The molecule has 0 unspecified atom stereocenters. The Labute approximate surface area is 90.4 Å². The number of carbonyl (C=O) groups is 2. The fraction of sp³-hybridized carbons (Fsp3) is 0.100. The molecule has 0 saturated carbocycles. The van der Waals surface area contributed by atoms with Gasteiger partial charge in [-0.25, -0.2) is 4.98 Å². The number of nitrogens with one attached hydrogen (secondary N) is 1. The van der Waals surface area contributed by atoms with E-state index in [0.717, 1.165) is 11.1 Å². The molecular weight excluding hydrogens is 210 g/mol. The molecule has 0 fully saturated rings. The van der Waals surface area contributed by atoms with Crippen LogP contribution in [0.5, 0.6) is 0 Å². The molecule has 2 amide bonds. The number of benzene rings is 1. The molecule has 1 aromatic carbocycles. The largest absolute Gasteiger partial charge is 0.443 e. The molecule has 1 heterocycles. The van der Waals surface area contributed by atoms with Crippen LogP contribution >= 0.6 is 0 Å². The minimum atomic E-state index is -0.999. The van der Waals surface area contributed by atoms with Gasteiger partial charge >= 0.3 is 11.8 Å². The Morgan fingerprint density at radius 3 is 3.00 bits per heavy atom. The van der Waals surface area contributed by atoms with Gasteiger partial charge in [-0.3, -0.25) is 9.59 Å². The summed E-state index contributed by atoms with van der Waals surface area (Å²) in [7, 11) is 0. The van der Waals surface area contributed by atoms with Crippen molar-refractivity contribution in [3.63, 3.8) is 0 Å². The molecule has 6 nitrogen and oxygen atoms in total. The minimum Gasteiger partial charge on any atom is -0.443 e. The van der Waals surface area contributed by atoms with E-state index in [2.05, 4.69) is 10.3 Å². The number of oxazole rings is 1. The maximum atomic E-state index is 10.9. The molecule has 0 atom stereocenters. The van der Waals surface area contributed by atoms with Crippen LogP contribution in [0.1, 0.15) is 5.56 Å². The first-order valence-electron chi connectivity index (χ1n) is 4.56. The van der Waals surface area contributed by atoms with Crippen LogP contribution in [0.25, 0.3) is 11.1 Å². The molecule has 0 aliphatic heterocycles. The predicted molar refractivity (Wildman–Crippen MR) is 55.1 cm³/mol. The second-order valence-corrected chi connectivity index (χ2v) is 3.20. The quantitative estimate of drug-likeness (QED) is 0.690. The number of hydrogen-bond donors (Lipinski definition) is 2. The van der Waals surface area contributed by atoms with Crippen molar-refractivity contribution in [3.05, 3.63) is 30.2 Å². The highest BCUT2D eigenvalue weighted by Crippen LogP contribution is 2.13. The van der Waals surface area contributed by atoms with Gasteiger partial charge in [-0.2, -0.15) is 0 Å². The van der Waals surface area contributed by atoms with E-state index in [4.69, 9.17) is 10.2 Å². The Morgan fingerprint density at radius 2 is 2.25 bits per heavy atom. The molecular formula is C10H9N3O3. The van der Waals surface area contributed by atoms with Gasteiger partial charge in [-0.15, -0.1) is 0 Å². The fourth-order valence-corrected chi connectivity index (χ4v) is 1.28. The summed E-state index contributed by atoms with van der Waals surface area (Å²) in [4.78, 5) is 25.3. The zero-order valence-corrected chi connectivity index (χ0v) is 8.27. The SMILES string of the molecule is NC(=O)C(=O)NCc1ccc2ncoc2c1. The second kappa shape index (κ2) is 4.01. The van der Waals surface area contributed by atoms with Gasteiger partial charge in [0.15, 0.2) is 12.0 Å². The third-order valence-corrected chi connectivity index (χ3v) is 2.07. The molecule has 0 aliphatic rings. The lowest BCUT2D eigenvalue weighted by Gasteiger charge is -2.01. The van der Waals surface area contributed by atoms with E-state index in [-0.39, 0.29) is 6.54 Å². The number of amides is 2. The number of rotatable bonds is 2. The Kier molecular flexibility index (Phi) is 2.55. The summed E-state index contributed by atoms with van der Waals surface area (Å²) in [5, 5.41) is 2.38. The smallest absolute Gasteiger partial charge is 0.309 e. The molecule has 1 aromatic heterocycles. The summed E-state index contributed by atoms with van der Waals surface area (Å²) < 4.78 is 5.10. The van der Waals surface area contributed by atoms with Crippen LogP contribution in [0.2, 0.25) is 0 Å². The van der Waals surface area contributed by atoms with Crippen LogP contribution in [0, 0.1) is 0 Å². The summed E-state index contributed by atoms with van der Waals surface area (Å²) >= 11 is 0. The molecule has 2 aromatic rings. The van der Waals surface area contributed by atoms with Crippen molar-refractivity contribution in [2.75, 3.05) is 0 Å². The lowest BCUT2D eigenvalue weighted by atomic mass is 10.2. The van der Waals surface area contributed by atoms with Crippen LogP contribution in [0.4, 0.5) is 0 Å². The molecule has 0 radical (unpaired) electrons. The summed E-state index contributed by atoms with van der Waals surface area (Å²) in [5.74, 6) is -1.81. The van der Waals surface area contributed by atoms with Gasteiger partial charge in [0, 0.05) is 6.54 Å². The second-order valence-electron chi connectivity index (χ2n) is 3.20. The number of nitrogens with two attached hydrogens (primary N) is 1. The van der Waals surface area contributed by atoms with Crippen molar-refractivity contribution in [2.24, 2.45) is 5.73 Å². The first-order valence-corrected chi connectivity index (χ1v) is 4.56. The molecule has 16 heavy (non-hydrogen) atoms. The molecule has 3 N–H and O–H groups in total. The van der Waals surface area contributed by atoms with Gasteiger partial charge in [0.05, 0.1) is 0 Å². The van der Waals surface area contributed by atoms with Crippen molar-refractivity contribution >= 4 is 22.9 Å². The predicted octanol–water partition coefficient (Wildman–Crippen LogP) is -0.0707. The van der Waals surface area contributed by atoms with Crippen LogP contribution in [-0.2, 0) is 16.1 Å². The van der Waals surface area contributed by atoms with E-state index in [1.807, 2.05) is 0 Å². The zero-order chi connectivity index (χ0) is 11.5. The third kappa shape index (κ3) is 2.00.